The van der Waals surface area contributed by atoms with Crippen molar-refractivity contribution in [3.05, 3.63) is 65.5 Å². The summed E-state index contributed by atoms with van der Waals surface area (Å²) in [6, 6.07) is 11.9. The number of amides is 5. The van der Waals surface area contributed by atoms with E-state index in [-0.39, 0.29) is 29.9 Å². The van der Waals surface area contributed by atoms with Gasteiger partial charge in [0.2, 0.25) is 17.7 Å². The number of anilines is 1. The average molecular weight is 583 g/mol. The minimum Gasteiger partial charge on any atom is -0.385 e. The molecule has 1 unspecified atom stereocenters. The third-order valence-electron chi connectivity index (χ3n) is 8.57. The van der Waals surface area contributed by atoms with Crippen LogP contribution in [0.2, 0.25) is 0 Å². The summed E-state index contributed by atoms with van der Waals surface area (Å²) in [5, 5.41) is 5.49. The number of nitrogens with zero attached hydrogens (tertiary/aromatic N) is 4. The molecule has 2 saturated heterocycles. The highest BCUT2D eigenvalue weighted by Gasteiger charge is 2.44. The van der Waals surface area contributed by atoms with Crippen LogP contribution in [0.4, 0.5) is 5.69 Å². The van der Waals surface area contributed by atoms with Crippen molar-refractivity contribution < 1.29 is 24.0 Å². The second-order valence-electron chi connectivity index (χ2n) is 11.4. The predicted octanol–water partition coefficient (Wildman–Crippen LogP) is 3.41. The highest BCUT2D eigenvalue weighted by molar-refractivity contribution is 6.23. The van der Waals surface area contributed by atoms with E-state index in [0.29, 0.717) is 24.6 Å². The Morgan fingerprint density at radius 3 is 2.47 bits per heavy atom. The van der Waals surface area contributed by atoms with Crippen LogP contribution < -0.4 is 10.6 Å². The van der Waals surface area contributed by atoms with Crippen molar-refractivity contribution >= 4 is 46.3 Å². The van der Waals surface area contributed by atoms with Gasteiger partial charge in [-0.2, -0.15) is 0 Å². The topological polar surface area (TPSA) is 142 Å². The van der Waals surface area contributed by atoms with Crippen molar-refractivity contribution in [3.63, 3.8) is 0 Å². The van der Waals surface area contributed by atoms with E-state index >= 15 is 0 Å². The molecule has 11 nitrogen and oxygen atoms in total. The zero-order chi connectivity index (χ0) is 29.9. The van der Waals surface area contributed by atoms with Gasteiger partial charge in [-0.05, 0) is 62.4 Å². The van der Waals surface area contributed by atoms with Gasteiger partial charge in [-0.25, -0.2) is 4.98 Å². The minimum absolute atomic E-state index is 0.0857. The number of aromatic nitrogens is 2. The first-order valence-corrected chi connectivity index (χ1v) is 15.0. The van der Waals surface area contributed by atoms with Gasteiger partial charge >= 0.3 is 0 Å². The lowest BCUT2D eigenvalue weighted by atomic mass is 9.93. The number of hydrogen-bond acceptors (Lipinski definition) is 8. The number of unbranched alkanes of at least 4 members (excludes halogenated alkanes) is 2. The molecule has 0 spiro atoms. The molecular formula is C32H34N6O5. The largest absolute Gasteiger partial charge is 0.385 e. The quantitative estimate of drug-likeness (QED) is 0.289. The number of imide groups is 2. The summed E-state index contributed by atoms with van der Waals surface area (Å²) in [6.07, 6.45) is 6.92. The molecular weight excluding hydrogens is 548 g/mol. The molecule has 2 aromatic carbocycles. The Bertz CT molecular complexity index is 1600. The van der Waals surface area contributed by atoms with Crippen molar-refractivity contribution in [3.8, 4) is 0 Å². The molecule has 3 aliphatic rings. The lowest BCUT2D eigenvalue weighted by molar-refractivity contribution is -0.136. The van der Waals surface area contributed by atoms with E-state index in [2.05, 4.69) is 15.6 Å². The van der Waals surface area contributed by atoms with Crippen LogP contribution in [0.5, 0.6) is 0 Å². The Hall–Kier alpha value is -4.67. The number of rotatable bonds is 9. The van der Waals surface area contributed by atoms with Gasteiger partial charge in [0, 0.05) is 50.3 Å². The number of piperidine rings is 2. The fourth-order valence-corrected chi connectivity index (χ4v) is 6.14. The standard InChI is InChI=1S/C32H34N6O5/c39-28-12-11-27(30(41)36-28)38-31(42)22-10-9-21(18-23(22)32(38)43)33-15-5-1-2-8-29(40)37-16-13-20(14-17-37)26-19-34-24-6-3-4-7-25(24)35-26/h3-4,6-7,9-10,18-20,27,33H,1-2,5,8,11-17H2,(H,36,39,41). The molecule has 6 rings (SSSR count). The SMILES string of the molecule is O=C1CCC(N2C(=O)c3ccc(NCCCCCC(=O)N4CCC(c5cnc6ccccc6n5)CC4)cc3C2=O)C(=O)N1. The Balaban J connectivity index is 0.912. The van der Waals surface area contributed by atoms with E-state index in [1.54, 1.807) is 18.2 Å². The third kappa shape index (κ3) is 5.97. The van der Waals surface area contributed by atoms with E-state index < -0.39 is 29.7 Å². The number of nitrogens with one attached hydrogen (secondary N) is 2. The predicted molar refractivity (Wildman–Crippen MR) is 158 cm³/mol. The van der Waals surface area contributed by atoms with Gasteiger partial charge < -0.3 is 10.2 Å². The molecule has 0 radical (unpaired) electrons. The molecule has 1 atom stereocenters. The number of carbonyl (C=O) groups excluding carboxylic acids is 5. The first-order chi connectivity index (χ1) is 20.9. The lowest BCUT2D eigenvalue weighted by Gasteiger charge is -2.31. The van der Waals surface area contributed by atoms with Gasteiger partial charge in [0.15, 0.2) is 0 Å². The van der Waals surface area contributed by atoms with Crippen LogP contribution in [0.15, 0.2) is 48.7 Å². The highest BCUT2D eigenvalue weighted by atomic mass is 16.2. The molecule has 43 heavy (non-hydrogen) atoms. The van der Waals surface area contributed by atoms with E-state index in [9.17, 15) is 24.0 Å². The molecule has 3 aromatic rings. The molecule has 222 valence electrons. The zero-order valence-electron chi connectivity index (χ0n) is 23.9. The maximum Gasteiger partial charge on any atom is 0.262 e. The summed E-state index contributed by atoms with van der Waals surface area (Å²) in [5.74, 6) is -1.55. The molecule has 0 aliphatic carbocycles. The van der Waals surface area contributed by atoms with Crippen molar-refractivity contribution in [2.45, 2.75) is 63.3 Å². The molecule has 2 fully saturated rings. The van der Waals surface area contributed by atoms with Crippen LogP contribution in [0.1, 0.15) is 83.7 Å². The number of hydrogen-bond donors (Lipinski definition) is 2. The summed E-state index contributed by atoms with van der Waals surface area (Å²) < 4.78 is 0. The molecule has 4 heterocycles. The minimum atomic E-state index is -0.977. The number of carbonyl (C=O) groups is 5. The maximum atomic E-state index is 13.0. The molecule has 11 heteroatoms. The van der Waals surface area contributed by atoms with Gasteiger partial charge in [0.1, 0.15) is 6.04 Å². The normalized spacial score (nSPS) is 19.1. The number of fused-ring (bicyclic) bond motifs is 2. The second-order valence-corrected chi connectivity index (χ2v) is 11.4. The number of likely N-dealkylation sites (tertiary alicyclic amines) is 1. The fourth-order valence-electron chi connectivity index (χ4n) is 6.14. The summed E-state index contributed by atoms with van der Waals surface area (Å²) in [5.41, 5.74) is 4.02. The van der Waals surface area contributed by atoms with Crippen LogP contribution in [-0.2, 0) is 14.4 Å². The van der Waals surface area contributed by atoms with Gasteiger partial charge in [-0.3, -0.25) is 39.2 Å². The zero-order valence-corrected chi connectivity index (χ0v) is 23.9. The van der Waals surface area contributed by atoms with E-state index in [0.717, 1.165) is 66.8 Å². The molecule has 0 saturated carbocycles. The summed E-state index contributed by atoms with van der Waals surface area (Å²) in [6.45, 7) is 2.13. The van der Waals surface area contributed by atoms with Crippen molar-refractivity contribution in [2.75, 3.05) is 25.0 Å². The van der Waals surface area contributed by atoms with E-state index in [4.69, 9.17) is 4.98 Å². The van der Waals surface area contributed by atoms with Crippen LogP contribution in [0, 0.1) is 0 Å². The maximum absolute atomic E-state index is 13.0. The van der Waals surface area contributed by atoms with Crippen LogP contribution in [0.3, 0.4) is 0 Å². The smallest absolute Gasteiger partial charge is 0.262 e. The average Bonchev–Trinajstić information content (AvgIpc) is 3.27. The fraction of sp³-hybridized carbons (Fsp3) is 0.406. The van der Waals surface area contributed by atoms with Gasteiger partial charge in [-0.15, -0.1) is 0 Å². The first kappa shape index (κ1) is 28.4. The van der Waals surface area contributed by atoms with Gasteiger partial charge in [0.05, 0.1) is 27.9 Å². The molecule has 1 aromatic heterocycles. The van der Waals surface area contributed by atoms with E-state index in [1.807, 2.05) is 35.4 Å². The van der Waals surface area contributed by atoms with Crippen LogP contribution in [-0.4, -0.2) is 75.0 Å². The third-order valence-corrected chi connectivity index (χ3v) is 8.57. The summed E-state index contributed by atoms with van der Waals surface area (Å²) in [7, 11) is 0. The van der Waals surface area contributed by atoms with Gasteiger partial charge in [-0.1, -0.05) is 18.6 Å². The Morgan fingerprint density at radius 2 is 1.67 bits per heavy atom. The second kappa shape index (κ2) is 12.3. The van der Waals surface area contributed by atoms with Crippen molar-refractivity contribution in [1.82, 2.24) is 25.1 Å². The highest BCUT2D eigenvalue weighted by Crippen LogP contribution is 2.30. The lowest BCUT2D eigenvalue weighted by Crippen LogP contribution is -2.54. The molecule has 0 bridgehead atoms. The number of para-hydroxylation sites is 2. The molecule has 5 amide bonds. The van der Waals surface area contributed by atoms with Gasteiger partial charge in [0.25, 0.3) is 11.8 Å². The summed E-state index contributed by atoms with van der Waals surface area (Å²) >= 11 is 0. The Kier molecular flexibility index (Phi) is 8.13. The number of benzene rings is 2. The Morgan fingerprint density at radius 1 is 0.907 bits per heavy atom. The summed E-state index contributed by atoms with van der Waals surface area (Å²) in [4.78, 5) is 74.6. The first-order valence-electron chi connectivity index (χ1n) is 15.0. The monoisotopic (exact) mass is 582 g/mol. The molecule has 2 N–H and O–H groups in total. The Labute approximate surface area is 249 Å². The van der Waals surface area contributed by atoms with E-state index in [1.165, 1.54) is 0 Å². The van der Waals surface area contributed by atoms with Crippen molar-refractivity contribution in [2.24, 2.45) is 0 Å². The van der Waals surface area contributed by atoms with Crippen LogP contribution in [0.25, 0.3) is 11.0 Å². The molecule has 3 aliphatic heterocycles. The van der Waals surface area contributed by atoms with Crippen LogP contribution >= 0.6 is 0 Å². The van der Waals surface area contributed by atoms with Crippen molar-refractivity contribution in [1.29, 1.82) is 0 Å².